The van der Waals surface area contributed by atoms with Crippen LogP contribution in [0.1, 0.15) is 28.5 Å². The summed E-state index contributed by atoms with van der Waals surface area (Å²) in [5.74, 6) is -0.444. The number of anilines is 1. The standard InChI is InChI=1S/C24H26N2O3/c1-5-29-24(28)21-15-22(19-9-7-6-8-10-19)26(18(21)3)16-23(27)25(4)20-13-11-17(2)12-14-20/h6-15H,5,16H2,1-4H3. The summed E-state index contributed by atoms with van der Waals surface area (Å²) in [5.41, 5.74) is 4.93. The lowest BCUT2D eigenvalue weighted by Crippen LogP contribution is -2.30. The highest BCUT2D eigenvalue weighted by Crippen LogP contribution is 2.27. The van der Waals surface area contributed by atoms with Gasteiger partial charge in [-0.15, -0.1) is 0 Å². The second-order valence-corrected chi connectivity index (χ2v) is 6.99. The first kappa shape index (κ1) is 20.4. The minimum absolute atomic E-state index is 0.0693. The fourth-order valence-electron chi connectivity index (χ4n) is 3.27. The van der Waals surface area contributed by atoms with Crippen molar-refractivity contribution in [2.45, 2.75) is 27.3 Å². The maximum Gasteiger partial charge on any atom is 0.339 e. The number of esters is 1. The zero-order valence-corrected chi connectivity index (χ0v) is 17.3. The van der Waals surface area contributed by atoms with Gasteiger partial charge in [0, 0.05) is 24.1 Å². The maximum atomic E-state index is 13.0. The Morgan fingerprint density at radius 2 is 1.66 bits per heavy atom. The quantitative estimate of drug-likeness (QED) is 0.578. The fraction of sp³-hybridized carbons (Fsp3) is 0.250. The summed E-state index contributed by atoms with van der Waals surface area (Å²) in [7, 11) is 1.76. The normalized spacial score (nSPS) is 10.6. The number of nitrogens with zero attached hydrogens (tertiary/aromatic N) is 2. The molecule has 3 aromatic rings. The first-order chi connectivity index (χ1) is 13.9. The Morgan fingerprint density at radius 1 is 1.00 bits per heavy atom. The van der Waals surface area contributed by atoms with Crippen LogP contribution in [-0.2, 0) is 16.1 Å². The number of aromatic nitrogens is 1. The van der Waals surface area contributed by atoms with E-state index in [9.17, 15) is 9.59 Å². The minimum Gasteiger partial charge on any atom is -0.462 e. The number of carbonyl (C=O) groups excluding carboxylic acids is 2. The molecule has 150 valence electrons. The Balaban J connectivity index is 1.97. The summed E-state index contributed by atoms with van der Waals surface area (Å²) < 4.78 is 7.08. The van der Waals surface area contributed by atoms with Crippen LogP contribution in [0.5, 0.6) is 0 Å². The van der Waals surface area contributed by atoms with E-state index in [1.54, 1.807) is 18.9 Å². The van der Waals surface area contributed by atoms with Gasteiger partial charge in [-0.1, -0.05) is 48.0 Å². The van der Waals surface area contributed by atoms with Gasteiger partial charge in [-0.2, -0.15) is 0 Å². The molecule has 0 aliphatic heterocycles. The summed E-state index contributed by atoms with van der Waals surface area (Å²) in [4.78, 5) is 27.1. The smallest absolute Gasteiger partial charge is 0.339 e. The molecule has 0 aliphatic carbocycles. The van der Waals surface area contributed by atoms with E-state index >= 15 is 0 Å². The van der Waals surface area contributed by atoms with Gasteiger partial charge in [-0.05, 0) is 44.5 Å². The molecule has 0 saturated heterocycles. The molecule has 0 atom stereocenters. The molecule has 0 unspecified atom stereocenters. The van der Waals surface area contributed by atoms with E-state index in [1.807, 2.05) is 79.1 Å². The number of likely N-dealkylation sites (N-methyl/N-ethyl adjacent to an activating group) is 1. The molecule has 0 aliphatic rings. The van der Waals surface area contributed by atoms with Crippen LogP contribution in [0.3, 0.4) is 0 Å². The number of benzene rings is 2. The zero-order valence-electron chi connectivity index (χ0n) is 17.3. The first-order valence-electron chi connectivity index (χ1n) is 9.68. The van der Waals surface area contributed by atoms with Crippen LogP contribution in [-0.4, -0.2) is 30.1 Å². The van der Waals surface area contributed by atoms with Crippen molar-refractivity contribution < 1.29 is 14.3 Å². The molecule has 0 N–H and O–H groups in total. The molecule has 1 heterocycles. The second-order valence-electron chi connectivity index (χ2n) is 6.99. The van der Waals surface area contributed by atoms with Gasteiger partial charge in [0.05, 0.1) is 12.2 Å². The van der Waals surface area contributed by atoms with Gasteiger partial charge in [0.2, 0.25) is 5.91 Å². The topological polar surface area (TPSA) is 51.5 Å². The van der Waals surface area contributed by atoms with Gasteiger partial charge in [0.15, 0.2) is 0 Å². The van der Waals surface area contributed by atoms with Crippen molar-refractivity contribution in [1.29, 1.82) is 0 Å². The molecule has 5 heteroatoms. The van der Waals surface area contributed by atoms with Crippen LogP contribution in [0.2, 0.25) is 0 Å². The van der Waals surface area contributed by atoms with E-state index in [4.69, 9.17) is 4.74 Å². The van der Waals surface area contributed by atoms with Gasteiger partial charge >= 0.3 is 5.97 Å². The van der Waals surface area contributed by atoms with Crippen molar-refractivity contribution in [3.63, 3.8) is 0 Å². The van der Waals surface area contributed by atoms with E-state index in [0.29, 0.717) is 17.9 Å². The molecule has 1 aromatic heterocycles. The van der Waals surface area contributed by atoms with E-state index in [2.05, 4.69) is 0 Å². The summed E-state index contributed by atoms with van der Waals surface area (Å²) in [5, 5.41) is 0. The van der Waals surface area contributed by atoms with Crippen LogP contribution in [0.15, 0.2) is 60.7 Å². The predicted molar refractivity (Wildman–Crippen MR) is 115 cm³/mol. The highest BCUT2D eigenvalue weighted by Gasteiger charge is 2.22. The highest BCUT2D eigenvalue weighted by atomic mass is 16.5. The number of aryl methyl sites for hydroxylation is 1. The molecule has 0 saturated carbocycles. The molecule has 0 fully saturated rings. The third-order valence-electron chi connectivity index (χ3n) is 5.02. The van der Waals surface area contributed by atoms with Crippen molar-refractivity contribution in [3.8, 4) is 11.3 Å². The average Bonchev–Trinajstić information content (AvgIpc) is 3.05. The number of carbonyl (C=O) groups is 2. The van der Waals surface area contributed by atoms with Crippen molar-refractivity contribution >= 4 is 17.6 Å². The molecule has 5 nitrogen and oxygen atoms in total. The molecule has 3 rings (SSSR count). The lowest BCUT2D eigenvalue weighted by molar-refractivity contribution is -0.118. The maximum absolute atomic E-state index is 13.0. The Hall–Kier alpha value is -3.34. The molecule has 29 heavy (non-hydrogen) atoms. The Bertz CT molecular complexity index is 1000. The molecule has 2 aromatic carbocycles. The first-order valence-corrected chi connectivity index (χ1v) is 9.68. The van der Waals surface area contributed by atoms with Crippen LogP contribution in [0.25, 0.3) is 11.3 Å². The van der Waals surface area contributed by atoms with Gasteiger partial charge < -0.3 is 14.2 Å². The number of hydrogen-bond acceptors (Lipinski definition) is 3. The summed E-state index contributed by atoms with van der Waals surface area (Å²) >= 11 is 0. The molecule has 0 bridgehead atoms. The zero-order chi connectivity index (χ0) is 21.0. The molecular formula is C24H26N2O3. The van der Waals surface area contributed by atoms with E-state index < -0.39 is 0 Å². The largest absolute Gasteiger partial charge is 0.462 e. The van der Waals surface area contributed by atoms with Crippen molar-refractivity contribution in [3.05, 3.63) is 77.5 Å². The van der Waals surface area contributed by atoms with Gasteiger partial charge in [0.1, 0.15) is 6.54 Å². The van der Waals surface area contributed by atoms with E-state index in [-0.39, 0.29) is 18.4 Å². The van der Waals surface area contributed by atoms with Crippen LogP contribution < -0.4 is 4.90 Å². The third kappa shape index (κ3) is 4.40. The molecular weight excluding hydrogens is 364 g/mol. The minimum atomic E-state index is -0.375. The molecule has 1 amide bonds. The average molecular weight is 390 g/mol. The Kier molecular flexibility index (Phi) is 6.17. The van der Waals surface area contributed by atoms with E-state index in [1.165, 1.54) is 0 Å². The number of rotatable bonds is 6. The number of amides is 1. The van der Waals surface area contributed by atoms with Crippen LogP contribution >= 0.6 is 0 Å². The lowest BCUT2D eigenvalue weighted by Gasteiger charge is -2.20. The Labute approximate surface area is 171 Å². The highest BCUT2D eigenvalue weighted by molar-refractivity contribution is 5.95. The van der Waals surface area contributed by atoms with Crippen molar-refractivity contribution in [2.75, 3.05) is 18.6 Å². The number of hydrogen-bond donors (Lipinski definition) is 0. The fourth-order valence-corrected chi connectivity index (χ4v) is 3.27. The lowest BCUT2D eigenvalue weighted by atomic mass is 10.1. The summed E-state index contributed by atoms with van der Waals surface area (Å²) in [6, 6.07) is 19.4. The monoisotopic (exact) mass is 390 g/mol. The number of ether oxygens (including phenoxy) is 1. The van der Waals surface area contributed by atoms with Gasteiger partial charge in [-0.25, -0.2) is 4.79 Å². The summed E-state index contributed by atoms with van der Waals surface area (Å²) in [6.07, 6.45) is 0. The predicted octanol–water partition coefficient (Wildman–Crippen LogP) is 4.61. The third-order valence-corrected chi connectivity index (χ3v) is 5.02. The van der Waals surface area contributed by atoms with E-state index in [0.717, 1.165) is 22.5 Å². The van der Waals surface area contributed by atoms with Crippen LogP contribution in [0, 0.1) is 13.8 Å². The van der Waals surface area contributed by atoms with Crippen molar-refractivity contribution in [1.82, 2.24) is 4.57 Å². The van der Waals surface area contributed by atoms with Crippen LogP contribution in [0.4, 0.5) is 5.69 Å². The molecule has 0 spiro atoms. The SMILES string of the molecule is CCOC(=O)c1cc(-c2ccccc2)n(CC(=O)N(C)c2ccc(C)cc2)c1C. The summed E-state index contributed by atoms with van der Waals surface area (Å²) in [6.45, 7) is 6.07. The Morgan fingerprint density at radius 3 is 2.28 bits per heavy atom. The second kappa shape index (κ2) is 8.78. The molecule has 0 radical (unpaired) electrons. The van der Waals surface area contributed by atoms with Gasteiger partial charge in [-0.3, -0.25) is 4.79 Å². The van der Waals surface area contributed by atoms with Gasteiger partial charge in [0.25, 0.3) is 0 Å². The van der Waals surface area contributed by atoms with Crippen molar-refractivity contribution in [2.24, 2.45) is 0 Å².